The van der Waals surface area contributed by atoms with Crippen LogP contribution in [0.1, 0.15) is 24.1 Å². The van der Waals surface area contributed by atoms with E-state index in [2.05, 4.69) is 21.3 Å². The van der Waals surface area contributed by atoms with Gasteiger partial charge in [0.15, 0.2) is 11.5 Å². The molecule has 2 aliphatic heterocycles. The third-order valence-corrected chi connectivity index (χ3v) is 4.90. The number of hydrogen-bond acceptors (Lipinski definition) is 6. The van der Waals surface area contributed by atoms with Crippen molar-refractivity contribution in [2.45, 2.75) is 26.3 Å². The second kappa shape index (κ2) is 6.09. The molecule has 7 nitrogen and oxygen atoms in total. The van der Waals surface area contributed by atoms with Gasteiger partial charge in [-0.1, -0.05) is 6.07 Å². The van der Waals surface area contributed by atoms with E-state index in [9.17, 15) is 0 Å². The third-order valence-electron chi connectivity index (χ3n) is 4.90. The Morgan fingerprint density at radius 1 is 1.12 bits per heavy atom. The molecule has 0 bridgehead atoms. The van der Waals surface area contributed by atoms with Crippen LogP contribution < -0.4 is 19.7 Å². The Kier molecular flexibility index (Phi) is 3.58. The highest BCUT2D eigenvalue weighted by molar-refractivity contribution is 5.89. The zero-order valence-corrected chi connectivity index (χ0v) is 14.7. The Hall–Kier alpha value is -2.96. The Morgan fingerprint density at radius 2 is 1.96 bits per heavy atom. The molecule has 2 N–H and O–H groups in total. The third kappa shape index (κ3) is 2.69. The van der Waals surface area contributed by atoms with Gasteiger partial charge >= 0.3 is 0 Å². The monoisotopic (exact) mass is 351 g/mol. The minimum Gasteiger partial charge on any atom is -0.454 e. The molecule has 3 aromatic rings. The van der Waals surface area contributed by atoms with Crippen LogP contribution in [0.25, 0.3) is 11.0 Å². The van der Waals surface area contributed by atoms with Crippen molar-refractivity contribution in [3.8, 4) is 11.5 Å². The molecule has 7 heteroatoms. The van der Waals surface area contributed by atoms with Gasteiger partial charge in [0.1, 0.15) is 11.5 Å². The standard InChI is InChI=1S/C19H21N5O2/c1-12-8-14-17(20-10-13-4-5-15-16(9-13)26-11-25-15)22-19(23-18(14)21-12)24-6-2-3-7-24/h4-5,8-9H,2-3,6-7,10-11H2,1H3,(H2,20,21,22,23). The van der Waals surface area contributed by atoms with Crippen LogP contribution in [0.2, 0.25) is 0 Å². The first kappa shape index (κ1) is 15.3. The van der Waals surface area contributed by atoms with Crippen molar-refractivity contribution in [2.75, 3.05) is 30.1 Å². The molecule has 0 aliphatic carbocycles. The lowest BCUT2D eigenvalue weighted by molar-refractivity contribution is 0.174. The molecule has 0 unspecified atom stereocenters. The van der Waals surface area contributed by atoms with Gasteiger partial charge in [-0.3, -0.25) is 0 Å². The minimum absolute atomic E-state index is 0.292. The van der Waals surface area contributed by atoms with Crippen molar-refractivity contribution in [2.24, 2.45) is 0 Å². The van der Waals surface area contributed by atoms with E-state index in [4.69, 9.17) is 19.4 Å². The zero-order chi connectivity index (χ0) is 17.5. The number of nitrogens with one attached hydrogen (secondary N) is 2. The van der Waals surface area contributed by atoms with Crippen LogP contribution in [0.3, 0.4) is 0 Å². The number of aromatic nitrogens is 3. The number of rotatable bonds is 4. The van der Waals surface area contributed by atoms with Crippen molar-refractivity contribution in [3.63, 3.8) is 0 Å². The second-order valence-corrected chi connectivity index (χ2v) is 6.82. The summed E-state index contributed by atoms with van der Waals surface area (Å²) in [5.74, 6) is 3.26. The molecule has 134 valence electrons. The average molecular weight is 351 g/mol. The van der Waals surface area contributed by atoms with Gasteiger partial charge in [0.25, 0.3) is 0 Å². The Bertz CT molecular complexity index is 962. The molecule has 4 heterocycles. The first-order chi connectivity index (χ1) is 12.8. The van der Waals surface area contributed by atoms with Gasteiger partial charge in [-0.15, -0.1) is 0 Å². The number of aromatic amines is 1. The highest BCUT2D eigenvalue weighted by atomic mass is 16.7. The van der Waals surface area contributed by atoms with Crippen LogP contribution in [0.5, 0.6) is 11.5 Å². The lowest BCUT2D eigenvalue weighted by atomic mass is 10.2. The molecule has 2 aromatic heterocycles. The number of benzene rings is 1. The molecule has 26 heavy (non-hydrogen) atoms. The topological polar surface area (TPSA) is 75.3 Å². The van der Waals surface area contributed by atoms with E-state index in [0.29, 0.717) is 13.3 Å². The fourth-order valence-corrected chi connectivity index (χ4v) is 3.56. The maximum Gasteiger partial charge on any atom is 0.231 e. The van der Waals surface area contributed by atoms with Crippen LogP contribution in [0, 0.1) is 6.92 Å². The summed E-state index contributed by atoms with van der Waals surface area (Å²) in [7, 11) is 0. The Labute approximate surface area is 151 Å². The van der Waals surface area contributed by atoms with Crippen molar-refractivity contribution in [3.05, 3.63) is 35.5 Å². The zero-order valence-electron chi connectivity index (χ0n) is 14.7. The molecule has 1 fully saturated rings. The lowest BCUT2D eigenvalue weighted by Gasteiger charge is -2.16. The van der Waals surface area contributed by atoms with E-state index in [1.165, 1.54) is 12.8 Å². The SMILES string of the molecule is Cc1cc2c(NCc3ccc4c(c3)OCO4)nc(N3CCCC3)nc2[nH]1. The van der Waals surface area contributed by atoms with E-state index in [-0.39, 0.29) is 0 Å². The highest BCUT2D eigenvalue weighted by Crippen LogP contribution is 2.33. The van der Waals surface area contributed by atoms with Crippen molar-refractivity contribution >= 4 is 22.8 Å². The molecular formula is C19H21N5O2. The summed E-state index contributed by atoms with van der Waals surface area (Å²) < 4.78 is 10.8. The van der Waals surface area contributed by atoms with E-state index in [0.717, 1.165) is 58.6 Å². The van der Waals surface area contributed by atoms with Crippen LogP contribution >= 0.6 is 0 Å². The van der Waals surface area contributed by atoms with Gasteiger partial charge in [0.05, 0.1) is 5.39 Å². The summed E-state index contributed by atoms with van der Waals surface area (Å²) >= 11 is 0. The minimum atomic E-state index is 0.292. The van der Waals surface area contributed by atoms with Gasteiger partial charge in [-0.05, 0) is 43.5 Å². The maximum atomic E-state index is 5.46. The first-order valence-corrected chi connectivity index (χ1v) is 9.01. The lowest BCUT2D eigenvalue weighted by Crippen LogP contribution is -2.21. The number of nitrogens with zero attached hydrogens (tertiary/aromatic N) is 3. The van der Waals surface area contributed by atoms with Crippen LogP contribution in [-0.2, 0) is 6.54 Å². The molecule has 0 radical (unpaired) electrons. The average Bonchev–Trinajstić information content (AvgIpc) is 3.38. The molecule has 0 amide bonds. The number of H-pyrrole nitrogens is 1. The number of fused-ring (bicyclic) bond motifs is 2. The summed E-state index contributed by atoms with van der Waals surface area (Å²) in [5.41, 5.74) is 3.09. The Morgan fingerprint density at radius 3 is 2.85 bits per heavy atom. The van der Waals surface area contributed by atoms with Crippen molar-refractivity contribution in [1.29, 1.82) is 0 Å². The summed E-state index contributed by atoms with van der Waals surface area (Å²) in [4.78, 5) is 15.1. The summed E-state index contributed by atoms with van der Waals surface area (Å²) in [6.45, 7) is 5.03. The van der Waals surface area contributed by atoms with E-state index >= 15 is 0 Å². The van der Waals surface area contributed by atoms with Crippen molar-refractivity contribution in [1.82, 2.24) is 15.0 Å². The van der Waals surface area contributed by atoms with Gasteiger partial charge < -0.3 is 24.7 Å². The smallest absolute Gasteiger partial charge is 0.231 e. The number of anilines is 2. The number of aryl methyl sites for hydroxylation is 1. The summed E-state index contributed by atoms with van der Waals surface area (Å²) in [5, 5.41) is 4.50. The van der Waals surface area contributed by atoms with Crippen LogP contribution in [0.15, 0.2) is 24.3 Å². The number of hydrogen-bond donors (Lipinski definition) is 2. The summed E-state index contributed by atoms with van der Waals surface area (Å²) in [6.07, 6.45) is 2.40. The van der Waals surface area contributed by atoms with E-state index < -0.39 is 0 Å². The van der Waals surface area contributed by atoms with Crippen LogP contribution in [-0.4, -0.2) is 34.8 Å². The second-order valence-electron chi connectivity index (χ2n) is 6.82. The van der Waals surface area contributed by atoms with E-state index in [1.807, 2.05) is 25.1 Å². The molecular weight excluding hydrogens is 330 g/mol. The van der Waals surface area contributed by atoms with Gasteiger partial charge in [0, 0.05) is 25.3 Å². The summed E-state index contributed by atoms with van der Waals surface area (Å²) in [6, 6.07) is 8.09. The van der Waals surface area contributed by atoms with Crippen LogP contribution in [0.4, 0.5) is 11.8 Å². The highest BCUT2D eigenvalue weighted by Gasteiger charge is 2.19. The normalized spacial score (nSPS) is 15.8. The molecule has 0 saturated carbocycles. The first-order valence-electron chi connectivity index (χ1n) is 9.01. The molecule has 0 atom stereocenters. The Balaban J connectivity index is 1.45. The largest absolute Gasteiger partial charge is 0.454 e. The fourth-order valence-electron chi connectivity index (χ4n) is 3.56. The quantitative estimate of drug-likeness (QED) is 0.752. The maximum absolute atomic E-state index is 5.46. The molecule has 0 spiro atoms. The van der Waals surface area contributed by atoms with Gasteiger partial charge in [0.2, 0.25) is 12.7 Å². The molecule has 2 aliphatic rings. The van der Waals surface area contributed by atoms with Crippen molar-refractivity contribution < 1.29 is 9.47 Å². The molecule has 5 rings (SSSR count). The van der Waals surface area contributed by atoms with Gasteiger partial charge in [-0.2, -0.15) is 9.97 Å². The molecule has 1 aromatic carbocycles. The predicted octanol–water partition coefficient (Wildman–Crippen LogP) is 3.21. The van der Waals surface area contributed by atoms with Gasteiger partial charge in [-0.25, -0.2) is 0 Å². The molecule has 1 saturated heterocycles. The number of ether oxygens (including phenoxy) is 2. The van der Waals surface area contributed by atoms with E-state index in [1.54, 1.807) is 0 Å². The predicted molar refractivity (Wildman–Crippen MR) is 100.0 cm³/mol. The fraction of sp³-hybridized carbons (Fsp3) is 0.368.